The molecule has 0 aliphatic carbocycles. The van der Waals surface area contributed by atoms with Crippen molar-refractivity contribution in [3.63, 3.8) is 0 Å². The van der Waals surface area contributed by atoms with Crippen LogP contribution in [0.25, 0.3) is 0 Å². The number of benzene rings is 1. The minimum Gasteiger partial charge on any atom is -0.495 e. The van der Waals surface area contributed by atoms with Gasteiger partial charge in [-0.3, -0.25) is 0 Å². The SMILES string of the molecule is CC[C@@H](NS(=O)(=O)c1cc(C)ccc1OC)c1c(C)noc1C. The van der Waals surface area contributed by atoms with Crippen molar-refractivity contribution < 1.29 is 17.7 Å². The number of nitrogens with zero attached hydrogens (tertiary/aromatic N) is 1. The normalized spacial score (nSPS) is 13.1. The average molecular weight is 338 g/mol. The highest BCUT2D eigenvalue weighted by atomic mass is 32.2. The number of aromatic nitrogens is 1. The van der Waals surface area contributed by atoms with Crippen LogP contribution in [0.1, 0.15) is 42.0 Å². The molecular weight excluding hydrogens is 316 g/mol. The van der Waals surface area contributed by atoms with Gasteiger partial charge in [-0.05, 0) is 44.9 Å². The Bertz CT molecular complexity index is 777. The van der Waals surface area contributed by atoms with Crippen molar-refractivity contribution in [2.24, 2.45) is 0 Å². The van der Waals surface area contributed by atoms with Crippen LogP contribution in [-0.2, 0) is 10.0 Å². The molecule has 2 aromatic rings. The van der Waals surface area contributed by atoms with Gasteiger partial charge in [-0.25, -0.2) is 13.1 Å². The lowest BCUT2D eigenvalue weighted by molar-refractivity contribution is 0.390. The predicted octanol–water partition coefficient (Wildman–Crippen LogP) is 3.04. The largest absolute Gasteiger partial charge is 0.495 e. The van der Waals surface area contributed by atoms with Crippen molar-refractivity contribution in [1.29, 1.82) is 0 Å². The van der Waals surface area contributed by atoms with Gasteiger partial charge in [-0.15, -0.1) is 0 Å². The Balaban J connectivity index is 2.43. The molecule has 1 aromatic heterocycles. The molecule has 0 aliphatic rings. The Morgan fingerprint density at radius 2 is 2.00 bits per heavy atom. The van der Waals surface area contributed by atoms with Gasteiger partial charge in [-0.1, -0.05) is 18.1 Å². The molecule has 0 spiro atoms. The molecule has 0 saturated heterocycles. The van der Waals surface area contributed by atoms with Crippen LogP contribution >= 0.6 is 0 Å². The van der Waals surface area contributed by atoms with E-state index in [2.05, 4.69) is 9.88 Å². The maximum absolute atomic E-state index is 12.8. The van der Waals surface area contributed by atoms with Gasteiger partial charge in [0.2, 0.25) is 10.0 Å². The summed E-state index contributed by atoms with van der Waals surface area (Å²) < 4.78 is 38.7. The first kappa shape index (κ1) is 17.5. The second-order valence-electron chi connectivity index (χ2n) is 5.47. The van der Waals surface area contributed by atoms with E-state index in [4.69, 9.17) is 9.26 Å². The van der Waals surface area contributed by atoms with E-state index < -0.39 is 16.1 Å². The molecule has 23 heavy (non-hydrogen) atoms. The summed E-state index contributed by atoms with van der Waals surface area (Å²) in [4.78, 5) is 0.130. The molecule has 0 fully saturated rings. The minimum absolute atomic E-state index is 0.130. The summed E-state index contributed by atoms with van der Waals surface area (Å²) in [5.74, 6) is 0.935. The van der Waals surface area contributed by atoms with E-state index in [1.54, 1.807) is 26.0 Å². The molecule has 0 unspecified atom stereocenters. The summed E-state index contributed by atoms with van der Waals surface area (Å²) in [5.41, 5.74) is 2.31. The van der Waals surface area contributed by atoms with Crippen molar-refractivity contribution in [2.75, 3.05) is 7.11 Å². The average Bonchev–Trinajstić information content (AvgIpc) is 2.84. The number of ether oxygens (including phenoxy) is 1. The highest BCUT2D eigenvalue weighted by Crippen LogP contribution is 2.29. The van der Waals surface area contributed by atoms with Crippen LogP contribution in [0, 0.1) is 20.8 Å². The molecule has 1 heterocycles. The Hall–Kier alpha value is -1.86. The third kappa shape index (κ3) is 3.56. The molecular formula is C16H22N2O4S. The van der Waals surface area contributed by atoms with Crippen LogP contribution in [-0.4, -0.2) is 20.7 Å². The molecule has 1 aromatic carbocycles. The van der Waals surface area contributed by atoms with E-state index in [0.717, 1.165) is 11.1 Å². The maximum atomic E-state index is 12.8. The number of methoxy groups -OCH3 is 1. The number of rotatable bonds is 6. The molecule has 0 radical (unpaired) electrons. The highest BCUT2D eigenvalue weighted by molar-refractivity contribution is 7.89. The molecule has 0 bridgehead atoms. The van der Waals surface area contributed by atoms with E-state index >= 15 is 0 Å². The Morgan fingerprint density at radius 3 is 2.52 bits per heavy atom. The van der Waals surface area contributed by atoms with Crippen LogP contribution in [0.5, 0.6) is 5.75 Å². The lowest BCUT2D eigenvalue weighted by Crippen LogP contribution is -2.29. The highest BCUT2D eigenvalue weighted by Gasteiger charge is 2.27. The van der Waals surface area contributed by atoms with Crippen molar-refractivity contribution >= 4 is 10.0 Å². The minimum atomic E-state index is -3.74. The third-order valence-electron chi connectivity index (χ3n) is 3.75. The maximum Gasteiger partial charge on any atom is 0.244 e. The van der Waals surface area contributed by atoms with Gasteiger partial charge in [0.15, 0.2) is 0 Å². The zero-order chi connectivity index (χ0) is 17.2. The topological polar surface area (TPSA) is 81.4 Å². The van der Waals surface area contributed by atoms with E-state index in [1.807, 2.05) is 19.9 Å². The summed E-state index contributed by atoms with van der Waals surface area (Å²) in [6, 6.07) is 4.65. The number of nitrogens with one attached hydrogen (secondary N) is 1. The summed E-state index contributed by atoms with van der Waals surface area (Å²) in [5, 5.41) is 3.90. The first-order valence-electron chi connectivity index (χ1n) is 7.39. The second kappa shape index (κ2) is 6.72. The third-order valence-corrected chi connectivity index (χ3v) is 5.24. The van der Waals surface area contributed by atoms with Crippen molar-refractivity contribution in [3.05, 3.63) is 40.8 Å². The summed E-state index contributed by atoms with van der Waals surface area (Å²) in [7, 11) is -2.29. The fraction of sp³-hybridized carbons (Fsp3) is 0.438. The van der Waals surface area contributed by atoms with Gasteiger partial charge in [0.1, 0.15) is 16.4 Å². The number of aryl methyl sites for hydroxylation is 3. The first-order valence-corrected chi connectivity index (χ1v) is 8.88. The Labute approximate surface area is 136 Å². The molecule has 6 nitrogen and oxygen atoms in total. The molecule has 2 rings (SSSR count). The van der Waals surface area contributed by atoms with Crippen LogP contribution in [0.4, 0.5) is 0 Å². The van der Waals surface area contributed by atoms with Crippen LogP contribution in [0.3, 0.4) is 0 Å². The first-order chi connectivity index (χ1) is 10.8. The van der Waals surface area contributed by atoms with Gasteiger partial charge >= 0.3 is 0 Å². The van der Waals surface area contributed by atoms with E-state index in [9.17, 15) is 8.42 Å². The van der Waals surface area contributed by atoms with Gasteiger partial charge in [-0.2, -0.15) is 0 Å². The second-order valence-corrected chi connectivity index (χ2v) is 7.16. The fourth-order valence-electron chi connectivity index (χ4n) is 2.58. The van der Waals surface area contributed by atoms with Gasteiger partial charge in [0.05, 0.1) is 18.8 Å². The van der Waals surface area contributed by atoms with E-state index in [-0.39, 0.29) is 4.90 Å². The van der Waals surface area contributed by atoms with Crippen molar-refractivity contribution in [2.45, 2.75) is 45.1 Å². The quantitative estimate of drug-likeness (QED) is 0.875. The number of hydrogen-bond donors (Lipinski definition) is 1. The van der Waals surface area contributed by atoms with Crippen LogP contribution in [0.15, 0.2) is 27.6 Å². The smallest absolute Gasteiger partial charge is 0.244 e. The lowest BCUT2D eigenvalue weighted by atomic mass is 10.0. The van der Waals surface area contributed by atoms with Crippen molar-refractivity contribution in [3.8, 4) is 5.75 Å². The molecule has 7 heteroatoms. The zero-order valence-electron chi connectivity index (χ0n) is 14.0. The predicted molar refractivity (Wildman–Crippen MR) is 87.1 cm³/mol. The zero-order valence-corrected chi connectivity index (χ0v) is 14.8. The Morgan fingerprint density at radius 1 is 1.30 bits per heavy atom. The summed E-state index contributed by atoms with van der Waals surface area (Å²) >= 11 is 0. The van der Waals surface area contributed by atoms with Gasteiger partial charge in [0, 0.05) is 5.56 Å². The summed E-state index contributed by atoms with van der Waals surface area (Å²) in [6.07, 6.45) is 0.580. The van der Waals surface area contributed by atoms with E-state index in [0.29, 0.717) is 23.6 Å². The molecule has 1 atom stereocenters. The fourth-order valence-corrected chi connectivity index (χ4v) is 4.12. The summed E-state index contributed by atoms with van der Waals surface area (Å²) in [6.45, 7) is 7.33. The molecule has 0 amide bonds. The molecule has 126 valence electrons. The van der Waals surface area contributed by atoms with Gasteiger partial charge < -0.3 is 9.26 Å². The number of sulfonamides is 1. The monoisotopic (exact) mass is 338 g/mol. The lowest BCUT2D eigenvalue weighted by Gasteiger charge is -2.18. The van der Waals surface area contributed by atoms with Gasteiger partial charge in [0.25, 0.3) is 0 Å². The Kier molecular flexibility index (Phi) is 5.11. The molecule has 1 N–H and O–H groups in total. The number of hydrogen-bond acceptors (Lipinski definition) is 5. The molecule has 0 aliphatic heterocycles. The van der Waals surface area contributed by atoms with Crippen LogP contribution in [0.2, 0.25) is 0 Å². The standard InChI is InChI=1S/C16H22N2O4S/c1-6-13(16-11(3)17-22-12(16)4)18-23(19,20)15-9-10(2)7-8-14(15)21-5/h7-9,13,18H,6H2,1-5H3/t13-/m1/s1. The molecule has 0 saturated carbocycles. The van der Waals surface area contributed by atoms with Crippen molar-refractivity contribution in [1.82, 2.24) is 9.88 Å². The van der Waals surface area contributed by atoms with Crippen LogP contribution < -0.4 is 9.46 Å². The van der Waals surface area contributed by atoms with E-state index in [1.165, 1.54) is 7.11 Å².